The van der Waals surface area contributed by atoms with Crippen molar-refractivity contribution in [2.24, 2.45) is 0 Å². The zero-order valence-corrected chi connectivity index (χ0v) is 13.8. The molecule has 1 heterocycles. The van der Waals surface area contributed by atoms with Gasteiger partial charge in [0.05, 0.1) is 18.0 Å². The Kier molecular flexibility index (Phi) is 3.79. The summed E-state index contributed by atoms with van der Waals surface area (Å²) in [6.07, 6.45) is 0. The summed E-state index contributed by atoms with van der Waals surface area (Å²) in [4.78, 5) is 0.218. The fourth-order valence-electron chi connectivity index (χ4n) is 2.43. The van der Waals surface area contributed by atoms with Gasteiger partial charge in [-0.3, -0.25) is 0 Å². The summed E-state index contributed by atoms with van der Waals surface area (Å²) in [5, 5.41) is 0. The molecule has 0 bridgehead atoms. The molecule has 1 nitrogen and oxygen atoms in total. The van der Waals surface area contributed by atoms with Crippen LogP contribution >= 0.6 is 31.9 Å². The van der Waals surface area contributed by atoms with Crippen LogP contribution in [-0.2, 0) is 18.0 Å². The summed E-state index contributed by atoms with van der Waals surface area (Å²) in [6, 6.07) is 12.9. The molecular weight excluding hydrogens is 368 g/mol. The Morgan fingerprint density at radius 2 is 1.89 bits per heavy atom. The summed E-state index contributed by atoms with van der Waals surface area (Å²) in [5.41, 5.74) is 6.49. The highest BCUT2D eigenvalue weighted by molar-refractivity contribution is 9.10. The molecule has 2 aromatic rings. The van der Waals surface area contributed by atoms with Crippen molar-refractivity contribution >= 4 is 31.9 Å². The van der Waals surface area contributed by atoms with E-state index < -0.39 is 0 Å². The van der Waals surface area contributed by atoms with E-state index in [0.29, 0.717) is 0 Å². The molecule has 2 aromatic carbocycles. The SMILES string of the molecule is Cc1c(Br)cccc1C(Br)c1ccc2c(c1)COC2. The summed E-state index contributed by atoms with van der Waals surface area (Å²) in [6.45, 7) is 3.63. The minimum absolute atomic E-state index is 0.218. The monoisotopic (exact) mass is 380 g/mol. The molecule has 0 saturated carbocycles. The molecule has 0 saturated heterocycles. The summed E-state index contributed by atoms with van der Waals surface area (Å²) in [7, 11) is 0. The van der Waals surface area contributed by atoms with Crippen LogP contribution < -0.4 is 0 Å². The third-order valence-electron chi connectivity index (χ3n) is 3.62. The average Bonchev–Trinajstić information content (AvgIpc) is 2.88. The lowest BCUT2D eigenvalue weighted by Gasteiger charge is -2.15. The number of fused-ring (bicyclic) bond motifs is 1. The molecular formula is C16H14Br2O. The first-order valence-electron chi connectivity index (χ1n) is 6.25. The first-order chi connectivity index (χ1) is 9.16. The highest BCUT2D eigenvalue weighted by atomic mass is 79.9. The standard InChI is InChI=1S/C16H14Br2O/c1-10-14(3-2-4-15(10)17)16(18)11-5-6-12-8-19-9-13(12)7-11/h2-7,16H,8-9H2,1H3. The zero-order valence-electron chi connectivity index (χ0n) is 10.6. The molecule has 1 aliphatic rings. The molecule has 0 amide bonds. The number of alkyl halides is 1. The maximum absolute atomic E-state index is 5.48. The Morgan fingerprint density at radius 3 is 2.74 bits per heavy atom. The van der Waals surface area contributed by atoms with Gasteiger partial charge in [-0.2, -0.15) is 0 Å². The van der Waals surface area contributed by atoms with Crippen LogP contribution in [0.2, 0.25) is 0 Å². The summed E-state index contributed by atoms with van der Waals surface area (Å²) < 4.78 is 6.63. The maximum Gasteiger partial charge on any atom is 0.0725 e. The van der Waals surface area contributed by atoms with Gasteiger partial charge < -0.3 is 4.74 Å². The van der Waals surface area contributed by atoms with Crippen molar-refractivity contribution in [3.8, 4) is 0 Å². The number of hydrogen-bond donors (Lipinski definition) is 0. The summed E-state index contributed by atoms with van der Waals surface area (Å²) >= 11 is 7.42. The van der Waals surface area contributed by atoms with Gasteiger partial charge in [-0.25, -0.2) is 0 Å². The number of halogens is 2. The molecule has 0 N–H and O–H groups in total. The van der Waals surface area contributed by atoms with Gasteiger partial charge in [0.2, 0.25) is 0 Å². The molecule has 0 aliphatic carbocycles. The molecule has 0 spiro atoms. The van der Waals surface area contributed by atoms with E-state index in [4.69, 9.17) is 4.74 Å². The van der Waals surface area contributed by atoms with E-state index in [1.54, 1.807) is 0 Å². The predicted molar refractivity (Wildman–Crippen MR) is 84.6 cm³/mol. The smallest absolute Gasteiger partial charge is 0.0725 e. The number of rotatable bonds is 2. The Morgan fingerprint density at radius 1 is 1.11 bits per heavy atom. The van der Waals surface area contributed by atoms with Crippen LogP contribution in [0.25, 0.3) is 0 Å². The fourth-order valence-corrected chi connectivity index (χ4v) is 3.59. The van der Waals surface area contributed by atoms with Crippen molar-refractivity contribution in [1.82, 2.24) is 0 Å². The van der Waals surface area contributed by atoms with Crippen LogP contribution in [0.4, 0.5) is 0 Å². The molecule has 3 heteroatoms. The number of ether oxygens (including phenoxy) is 1. The maximum atomic E-state index is 5.48. The van der Waals surface area contributed by atoms with Gasteiger partial charge in [0.1, 0.15) is 0 Å². The molecule has 1 atom stereocenters. The highest BCUT2D eigenvalue weighted by Gasteiger charge is 2.17. The van der Waals surface area contributed by atoms with E-state index in [1.165, 1.54) is 27.8 Å². The lowest BCUT2D eigenvalue weighted by Crippen LogP contribution is -1.97. The first kappa shape index (κ1) is 13.3. The highest BCUT2D eigenvalue weighted by Crippen LogP contribution is 2.36. The second-order valence-electron chi connectivity index (χ2n) is 4.84. The minimum Gasteiger partial charge on any atom is -0.372 e. The van der Waals surface area contributed by atoms with Gasteiger partial charge in [-0.15, -0.1) is 0 Å². The lowest BCUT2D eigenvalue weighted by atomic mass is 9.98. The second-order valence-corrected chi connectivity index (χ2v) is 6.61. The van der Waals surface area contributed by atoms with Crippen LogP contribution in [0, 0.1) is 6.92 Å². The Balaban J connectivity index is 2.00. The van der Waals surface area contributed by atoms with Crippen LogP contribution in [0.3, 0.4) is 0 Å². The Bertz CT molecular complexity index is 622. The van der Waals surface area contributed by atoms with E-state index in [-0.39, 0.29) is 4.83 Å². The molecule has 1 unspecified atom stereocenters. The molecule has 0 aromatic heterocycles. The van der Waals surface area contributed by atoms with Gasteiger partial charge in [0.25, 0.3) is 0 Å². The zero-order chi connectivity index (χ0) is 13.4. The third kappa shape index (κ3) is 2.51. The van der Waals surface area contributed by atoms with E-state index in [0.717, 1.165) is 17.7 Å². The summed E-state index contributed by atoms with van der Waals surface area (Å²) in [5.74, 6) is 0. The van der Waals surface area contributed by atoms with Gasteiger partial charge in [-0.05, 0) is 40.8 Å². The van der Waals surface area contributed by atoms with Crippen molar-refractivity contribution < 1.29 is 4.74 Å². The largest absolute Gasteiger partial charge is 0.372 e. The minimum atomic E-state index is 0.218. The number of benzene rings is 2. The van der Waals surface area contributed by atoms with Crippen LogP contribution in [0.1, 0.15) is 32.6 Å². The average molecular weight is 382 g/mol. The quantitative estimate of drug-likeness (QED) is 0.643. The number of hydrogen-bond acceptors (Lipinski definition) is 1. The third-order valence-corrected chi connectivity index (χ3v) is 5.50. The molecule has 0 radical (unpaired) electrons. The second kappa shape index (κ2) is 5.39. The van der Waals surface area contributed by atoms with Crippen molar-refractivity contribution in [3.63, 3.8) is 0 Å². The van der Waals surface area contributed by atoms with Gasteiger partial charge in [0, 0.05) is 4.47 Å². The van der Waals surface area contributed by atoms with Gasteiger partial charge in [-0.1, -0.05) is 62.2 Å². The van der Waals surface area contributed by atoms with Crippen LogP contribution in [-0.4, -0.2) is 0 Å². The topological polar surface area (TPSA) is 9.23 Å². The van der Waals surface area contributed by atoms with Crippen molar-refractivity contribution in [2.75, 3.05) is 0 Å². The van der Waals surface area contributed by atoms with E-state index in [1.807, 2.05) is 0 Å². The van der Waals surface area contributed by atoms with Crippen molar-refractivity contribution in [1.29, 1.82) is 0 Å². The predicted octanol–water partition coefficient (Wildman–Crippen LogP) is 5.27. The normalized spacial score (nSPS) is 15.3. The van der Waals surface area contributed by atoms with Crippen molar-refractivity contribution in [2.45, 2.75) is 25.0 Å². The van der Waals surface area contributed by atoms with E-state index in [9.17, 15) is 0 Å². The molecule has 19 heavy (non-hydrogen) atoms. The van der Waals surface area contributed by atoms with Crippen LogP contribution in [0.15, 0.2) is 40.9 Å². The van der Waals surface area contributed by atoms with E-state index >= 15 is 0 Å². The molecule has 1 aliphatic heterocycles. The molecule has 98 valence electrons. The molecule has 0 fully saturated rings. The van der Waals surface area contributed by atoms with Crippen molar-refractivity contribution in [3.05, 3.63) is 68.7 Å². The lowest BCUT2D eigenvalue weighted by molar-refractivity contribution is 0.134. The van der Waals surface area contributed by atoms with Gasteiger partial charge >= 0.3 is 0 Å². The van der Waals surface area contributed by atoms with E-state index in [2.05, 4.69) is 75.2 Å². The molecule has 3 rings (SSSR count). The fraction of sp³-hybridized carbons (Fsp3) is 0.250. The Hall–Kier alpha value is -0.640. The van der Waals surface area contributed by atoms with Crippen LogP contribution in [0.5, 0.6) is 0 Å². The van der Waals surface area contributed by atoms with Gasteiger partial charge in [0.15, 0.2) is 0 Å². The Labute approximate surface area is 130 Å². The first-order valence-corrected chi connectivity index (χ1v) is 7.96.